The lowest BCUT2D eigenvalue weighted by Crippen LogP contribution is -2.17. The highest BCUT2D eigenvalue weighted by molar-refractivity contribution is 8.00. The Labute approximate surface area is 163 Å². The molecule has 0 saturated carbocycles. The maximum absolute atomic E-state index is 13.6. The van der Waals surface area contributed by atoms with E-state index in [1.165, 1.54) is 7.11 Å². The minimum atomic E-state index is -4.64. The summed E-state index contributed by atoms with van der Waals surface area (Å²) in [6, 6.07) is 8.43. The number of hydrogen-bond donors (Lipinski definition) is 1. The zero-order valence-electron chi connectivity index (χ0n) is 14.9. The Morgan fingerprint density at radius 1 is 1.36 bits per heavy atom. The summed E-state index contributed by atoms with van der Waals surface area (Å²) in [4.78, 5) is 16.5. The number of carbonyl (C=O) groups is 1. The summed E-state index contributed by atoms with van der Waals surface area (Å²) in [6.45, 7) is 0. The number of alkyl halides is 3. The number of anilines is 1. The third-order valence-electron chi connectivity index (χ3n) is 4.31. The number of aromatic nitrogens is 1. The summed E-state index contributed by atoms with van der Waals surface area (Å²) >= 11 is 0.822. The zero-order chi connectivity index (χ0) is 20.3. The fraction of sp³-hybridized carbons (Fsp3) is 0.316. The van der Waals surface area contributed by atoms with Gasteiger partial charge in [0.25, 0.3) is 0 Å². The van der Waals surface area contributed by atoms with Gasteiger partial charge in [-0.1, -0.05) is 23.9 Å². The van der Waals surface area contributed by atoms with Crippen molar-refractivity contribution in [1.82, 2.24) is 4.98 Å². The minimum absolute atomic E-state index is 0.0642. The molecule has 0 unspecified atom stereocenters. The van der Waals surface area contributed by atoms with Gasteiger partial charge < -0.3 is 10.1 Å². The highest BCUT2D eigenvalue weighted by Crippen LogP contribution is 2.41. The van der Waals surface area contributed by atoms with E-state index in [0.29, 0.717) is 30.0 Å². The van der Waals surface area contributed by atoms with Gasteiger partial charge in [0.15, 0.2) is 0 Å². The number of thioether (sulfide) groups is 1. The molecule has 1 heterocycles. The second-order valence-electron chi connectivity index (χ2n) is 6.09. The number of nitrogens with one attached hydrogen (secondary N) is 1. The Bertz CT molecular complexity index is 955. The largest absolute Gasteiger partial charge is 0.495 e. The van der Waals surface area contributed by atoms with Crippen molar-refractivity contribution in [3.05, 3.63) is 46.6 Å². The molecule has 0 fully saturated rings. The first kappa shape index (κ1) is 20.0. The van der Waals surface area contributed by atoms with Crippen LogP contribution in [0.4, 0.5) is 18.9 Å². The number of amides is 1. The number of nitriles is 1. The van der Waals surface area contributed by atoms with E-state index in [1.54, 1.807) is 30.3 Å². The Hall–Kier alpha value is -2.73. The van der Waals surface area contributed by atoms with Crippen molar-refractivity contribution in [2.75, 3.05) is 18.2 Å². The summed E-state index contributed by atoms with van der Waals surface area (Å²) < 4.78 is 45.8. The van der Waals surface area contributed by atoms with Crippen LogP contribution in [0.2, 0.25) is 0 Å². The molecule has 1 aliphatic carbocycles. The zero-order valence-corrected chi connectivity index (χ0v) is 15.7. The molecular weight excluding hydrogens is 391 g/mol. The first-order chi connectivity index (χ1) is 13.3. The molecule has 1 amide bonds. The molecule has 0 bridgehead atoms. The lowest BCUT2D eigenvalue weighted by molar-refractivity contribution is -0.138. The average molecular weight is 407 g/mol. The normalized spacial score (nSPS) is 13.0. The molecule has 0 atom stereocenters. The fourth-order valence-electron chi connectivity index (χ4n) is 3.15. The van der Waals surface area contributed by atoms with Crippen LogP contribution < -0.4 is 10.1 Å². The Kier molecular flexibility index (Phi) is 5.79. The van der Waals surface area contributed by atoms with Crippen LogP contribution in [0.5, 0.6) is 5.75 Å². The first-order valence-corrected chi connectivity index (χ1v) is 9.42. The van der Waals surface area contributed by atoms with Crippen LogP contribution in [0.25, 0.3) is 0 Å². The monoisotopic (exact) mass is 407 g/mol. The molecule has 0 radical (unpaired) electrons. The standard InChI is InChI=1S/C19H16F3N3O2S/c1-27-15-8-3-2-6-14(15)24-16(26)10-28-18-12(9-23)17(19(20,21)22)11-5-4-7-13(11)25-18/h2-3,6,8H,4-5,7,10H2,1H3,(H,24,26). The van der Waals surface area contributed by atoms with E-state index in [9.17, 15) is 23.2 Å². The molecule has 1 N–H and O–H groups in total. The number of hydrogen-bond acceptors (Lipinski definition) is 5. The molecule has 1 aromatic carbocycles. The van der Waals surface area contributed by atoms with Gasteiger partial charge in [-0.15, -0.1) is 0 Å². The summed E-state index contributed by atoms with van der Waals surface area (Å²) in [5, 5.41) is 11.9. The molecule has 146 valence electrons. The number of para-hydroxylation sites is 2. The molecule has 2 aromatic rings. The minimum Gasteiger partial charge on any atom is -0.495 e. The van der Waals surface area contributed by atoms with Gasteiger partial charge in [-0.2, -0.15) is 18.4 Å². The van der Waals surface area contributed by atoms with Crippen LogP contribution in [-0.2, 0) is 23.8 Å². The number of methoxy groups -OCH3 is 1. The smallest absolute Gasteiger partial charge is 0.418 e. The summed E-state index contributed by atoms with van der Waals surface area (Å²) in [5.74, 6) is -0.154. The predicted molar refractivity (Wildman–Crippen MR) is 98.3 cm³/mol. The number of rotatable bonds is 5. The SMILES string of the molecule is COc1ccccc1NC(=O)CSc1nc2c(c(C(F)(F)F)c1C#N)CCC2. The lowest BCUT2D eigenvalue weighted by Gasteiger charge is -2.16. The van der Waals surface area contributed by atoms with Gasteiger partial charge in [-0.3, -0.25) is 4.79 Å². The van der Waals surface area contributed by atoms with Gasteiger partial charge >= 0.3 is 6.18 Å². The summed E-state index contributed by atoms with van der Waals surface area (Å²) in [5.41, 5.74) is -0.506. The van der Waals surface area contributed by atoms with Gasteiger partial charge in [0.05, 0.1) is 29.7 Å². The van der Waals surface area contributed by atoms with E-state index >= 15 is 0 Å². The van der Waals surface area contributed by atoms with Crippen LogP contribution in [0.1, 0.15) is 28.8 Å². The van der Waals surface area contributed by atoms with E-state index < -0.39 is 23.2 Å². The lowest BCUT2D eigenvalue weighted by atomic mass is 10.0. The van der Waals surface area contributed by atoms with Crippen molar-refractivity contribution in [2.45, 2.75) is 30.5 Å². The first-order valence-electron chi connectivity index (χ1n) is 8.44. The average Bonchev–Trinajstić information content (AvgIpc) is 3.12. The highest BCUT2D eigenvalue weighted by atomic mass is 32.2. The van der Waals surface area contributed by atoms with Gasteiger partial charge in [0, 0.05) is 5.69 Å². The van der Waals surface area contributed by atoms with E-state index in [-0.39, 0.29) is 22.8 Å². The predicted octanol–water partition coefficient (Wildman–Crippen LogP) is 4.20. The molecule has 9 heteroatoms. The number of fused-ring (bicyclic) bond motifs is 1. The van der Waals surface area contributed by atoms with Crippen LogP contribution in [0.15, 0.2) is 29.3 Å². The second-order valence-corrected chi connectivity index (χ2v) is 7.06. The van der Waals surface area contributed by atoms with E-state index in [4.69, 9.17) is 4.74 Å². The Balaban J connectivity index is 1.83. The molecule has 0 saturated heterocycles. The molecule has 28 heavy (non-hydrogen) atoms. The van der Waals surface area contributed by atoms with Crippen molar-refractivity contribution < 1.29 is 22.7 Å². The van der Waals surface area contributed by atoms with Crippen LogP contribution >= 0.6 is 11.8 Å². The third kappa shape index (κ3) is 4.07. The van der Waals surface area contributed by atoms with Crippen molar-refractivity contribution in [3.63, 3.8) is 0 Å². The van der Waals surface area contributed by atoms with Crippen LogP contribution in [-0.4, -0.2) is 23.8 Å². The van der Waals surface area contributed by atoms with Crippen LogP contribution in [0, 0.1) is 11.3 Å². The molecule has 1 aromatic heterocycles. The highest BCUT2D eigenvalue weighted by Gasteiger charge is 2.40. The van der Waals surface area contributed by atoms with E-state index in [1.807, 2.05) is 0 Å². The van der Waals surface area contributed by atoms with Gasteiger partial charge in [0.2, 0.25) is 5.91 Å². The van der Waals surface area contributed by atoms with Crippen molar-refractivity contribution >= 4 is 23.4 Å². The molecule has 5 nitrogen and oxygen atoms in total. The van der Waals surface area contributed by atoms with Crippen LogP contribution in [0.3, 0.4) is 0 Å². The topological polar surface area (TPSA) is 75.0 Å². The van der Waals surface area contributed by atoms with Crippen molar-refractivity contribution in [1.29, 1.82) is 5.26 Å². The molecule has 1 aliphatic rings. The number of pyridine rings is 1. The summed E-state index contributed by atoms with van der Waals surface area (Å²) in [7, 11) is 1.46. The molecule has 0 spiro atoms. The van der Waals surface area contributed by atoms with E-state index in [2.05, 4.69) is 10.3 Å². The quantitative estimate of drug-likeness (QED) is 0.752. The second kappa shape index (κ2) is 8.10. The Morgan fingerprint density at radius 3 is 2.79 bits per heavy atom. The number of benzene rings is 1. The Morgan fingerprint density at radius 2 is 2.11 bits per heavy atom. The van der Waals surface area contributed by atoms with Crippen molar-refractivity contribution in [3.8, 4) is 11.8 Å². The van der Waals surface area contributed by atoms with Crippen molar-refractivity contribution in [2.24, 2.45) is 0 Å². The maximum Gasteiger partial charge on any atom is 0.418 e. The van der Waals surface area contributed by atoms with E-state index in [0.717, 1.165) is 11.8 Å². The summed E-state index contributed by atoms with van der Waals surface area (Å²) in [6.07, 6.45) is -3.38. The number of ether oxygens (including phenoxy) is 1. The number of carbonyl (C=O) groups excluding carboxylic acids is 1. The number of nitrogens with zero attached hydrogens (tertiary/aromatic N) is 2. The maximum atomic E-state index is 13.6. The number of aryl methyl sites for hydroxylation is 1. The third-order valence-corrected chi connectivity index (χ3v) is 5.28. The molecule has 0 aliphatic heterocycles. The van der Waals surface area contributed by atoms with Gasteiger partial charge in [-0.05, 0) is 37.0 Å². The molecular formula is C19H16F3N3O2S. The molecule has 3 rings (SSSR count). The fourth-order valence-corrected chi connectivity index (χ4v) is 3.95. The van der Waals surface area contributed by atoms with Gasteiger partial charge in [-0.25, -0.2) is 4.98 Å². The van der Waals surface area contributed by atoms with Gasteiger partial charge in [0.1, 0.15) is 16.8 Å². The number of halogens is 3.